The van der Waals surface area contributed by atoms with Gasteiger partial charge in [0.1, 0.15) is 6.61 Å². The summed E-state index contributed by atoms with van der Waals surface area (Å²) < 4.78 is 39.8. The Labute approximate surface area is 68.2 Å². The summed E-state index contributed by atoms with van der Waals surface area (Å²) in [6.45, 7) is -1.12. The number of fused-ring (bicyclic) bond motifs is 1. The van der Waals surface area contributed by atoms with E-state index in [4.69, 9.17) is 4.74 Å². The number of ether oxygens (including phenoxy) is 1. The fourth-order valence-corrected chi connectivity index (χ4v) is 1.60. The molecule has 1 fully saturated rings. The van der Waals surface area contributed by atoms with E-state index in [2.05, 4.69) is 0 Å². The molecule has 1 saturated carbocycles. The second-order valence-electron chi connectivity index (χ2n) is 3.34. The van der Waals surface area contributed by atoms with Gasteiger partial charge in [-0.3, -0.25) is 0 Å². The van der Waals surface area contributed by atoms with Gasteiger partial charge in [-0.05, 0) is 18.3 Å². The van der Waals surface area contributed by atoms with Gasteiger partial charge >= 0.3 is 6.18 Å². The molecule has 3 atom stereocenters. The lowest BCUT2D eigenvalue weighted by atomic mass is 10.3. The predicted octanol–water partition coefficient (Wildman–Crippen LogP) is 2.14. The summed E-state index contributed by atoms with van der Waals surface area (Å²) in [6, 6.07) is 0. The molecule has 1 nitrogen and oxygen atoms in total. The van der Waals surface area contributed by atoms with Gasteiger partial charge in [-0.15, -0.1) is 0 Å². The van der Waals surface area contributed by atoms with Gasteiger partial charge < -0.3 is 4.74 Å². The highest BCUT2D eigenvalue weighted by Crippen LogP contribution is 2.48. The Morgan fingerprint density at radius 2 is 2.08 bits per heavy atom. The first kappa shape index (κ1) is 8.10. The summed E-state index contributed by atoms with van der Waals surface area (Å²) in [5.74, 6) is 0.843. The van der Waals surface area contributed by atoms with Gasteiger partial charge in [0.2, 0.25) is 0 Å². The Bertz CT molecular complexity index is 209. The van der Waals surface area contributed by atoms with Gasteiger partial charge in [-0.2, -0.15) is 13.2 Å². The lowest BCUT2D eigenvalue weighted by Gasteiger charge is -2.12. The maximum atomic E-state index is 11.7. The van der Waals surface area contributed by atoms with Gasteiger partial charge in [0.25, 0.3) is 0 Å². The van der Waals surface area contributed by atoms with Gasteiger partial charge in [0, 0.05) is 0 Å². The van der Waals surface area contributed by atoms with Crippen molar-refractivity contribution in [3.05, 3.63) is 12.2 Å². The molecule has 0 amide bonds. The van der Waals surface area contributed by atoms with Crippen molar-refractivity contribution in [2.75, 3.05) is 6.61 Å². The maximum absolute atomic E-state index is 11.7. The monoisotopic (exact) mass is 178 g/mol. The molecule has 0 radical (unpaired) electrons. The highest BCUT2D eigenvalue weighted by atomic mass is 19.4. The molecule has 0 heterocycles. The van der Waals surface area contributed by atoms with Crippen LogP contribution in [0.3, 0.4) is 0 Å². The Morgan fingerprint density at radius 3 is 2.50 bits per heavy atom. The minimum Gasteiger partial charge on any atom is -0.364 e. The molecule has 4 heteroatoms. The van der Waals surface area contributed by atoms with E-state index >= 15 is 0 Å². The molecule has 0 aromatic rings. The van der Waals surface area contributed by atoms with Crippen LogP contribution in [0.25, 0.3) is 0 Å². The molecule has 0 spiro atoms. The molecule has 12 heavy (non-hydrogen) atoms. The number of allylic oxidation sites excluding steroid dienone is 1. The third-order valence-electron chi connectivity index (χ3n) is 2.30. The fourth-order valence-electron chi connectivity index (χ4n) is 1.60. The van der Waals surface area contributed by atoms with Crippen molar-refractivity contribution in [1.29, 1.82) is 0 Å². The van der Waals surface area contributed by atoms with Gasteiger partial charge in [-0.1, -0.05) is 12.2 Å². The minimum atomic E-state index is -4.19. The maximum Gasteiger partial charge on any atom is 0.411 e. The Kier molecular flexibility index (Phi) is 1.68. The van der Waals surface area contributed by atoms with Crippen LogP contribution >= 0.6 is 0 Å². The first-order chi connectivity index (χ1) is 5.56. The van der Waals surface area contributed by atoms with Crippen LogP contribution in [0.1, 0.15) is 6.42 Å². The average Bonchev–Trinajstić information content (AvgIpc) is 2.60. The Morgan fingerprint density at radius 1 is 1.33 bits per heavy atom. The van der Waals surface area contributed by atoms with E-state index in [1.165, 1.54) is 0 Å². The third-order valence-corrected chi connectivity index (χ3v) is 2.30. The molecule has 0 aromatic carbocycles. The van der Waals surface area contributed by atoms with Crippen molar-refractivity contribution in [3.8, 4) is 0 Å². The van der Waals surface area contributed by atoms with Gasteiger partial charge in [0.05, 0.1) is 6.10 Å². The van der Waals surface area contributed by atoms with Crippen molar-refractivity contribution >= 4 is 0 Å². The third kappa shape index (κ3) is 1.63. The molecule has 0 aliphatic heterocycles. The van der Waals surface area contributed by atoms with Crippen LogP contribution in [-0.2, 0) is 4.74 Å². The van der Waals surface area contributed by atoms with E-state index in [1.54, 1.807) is 6.08 Å². The normalized spacial score (nSPS) is 38.4. The van der Waals surface area contributed by atoms with Gasteiger partial charge in [0.15, 0.2) is 0 Å². The molecular formula is C8H9F3O. The first-order valence-corrected chi connectivity index (χ1v) is 3.93. The fraction of sp³-hybridized carbons (Fsp3) is 0.750. The smallest absolute Gasteiger partial charge is 0.364 e. The van der Waals surface area contributed by atoms with Crippen LogP contribution in [-0.4, -0.2) is 18.9 Å². The number of hydrogen-bond acceptors (Lipinski definition) is 1. The van der Waals surface area contributed by atoms with Crippen LogP contribution in [0, 0.1) is 11.8 Å². The van der Waals surface area contributed by atoms with E-state index in [9.17, 15) is 13.2 Å². The van der Waals surface area contributed by atoms with Crippen LogP contribution in [0.4, 0.5) is 13.2 Å². The van der Waals surface area contributed by atoms with Crippen LogP contribution in [0.15, 0.2) is 12.2 Å². The molecule has 2 aliphatic rings. The van der Waals surface area contributed by atoms with E-state index in [-0.39, 0.29) is 6.10 Å². The number of rotatable bonds is 2. The highest BCUT2D eigenvalue weighted by Gasteiger charge is 2.46. The molecule has 2 unspecified atom stereocenters. The average molecular weight is 178 g/mol. The van der Waals surface area contributed by atoms with Crippen molar-refractivity contribution < 1.29 is 17.9 Å². The van der Waals surface area contributed by atoms with Gasteiger partial charge in [-0.25, -0.2) is 0 Å². The van der Waals surface area contributed by atoms with E-state index in [0.717, 1.165) is 6.42 Å². The largest absolute Gasteiger partial charge is 0.411 e. The highest BCUT2D eigenvalue weighted by molar-refractivity contribution is 5.17. The van der Waals surface area contributed by atoms with Crippen molar-refractivity contribution in [2.24, 2.45) is 11.8 Å². The lowest BCUT2D eigenvalue weighted by molar-refractivity contribution is -0.182. The summed E-state index contributed by atoms with van der Waals surface area (Å²) in [7, 11) is 0. The zero-order valence-corrected chi connectivity index (χ0v) is 6.34. The predicted molar refractivity (Wildman–Crippen MR) is 36.5 cm³/mol. The topological polar surface area (TPSA) is 9.23 Å². The zero-order valence-electron chi connectivity index (χ0n) is 6.34. The second kappa shape index (κ2) is 2.49. The quantitative estimate of drug-likeness (QED) is 0.588. The number of hydrogen-bond donors (Lipinski definition) is 0. The van der Waals surface area contributed by atoms with E-state index in [0.29, 0.717) is 11.8 Å². The molecular weight excluding hydrogens is 169 g/mol. The van der Waals surface area contributed by atoms with Crippen molar-refractivity contribution in [1.82, 2.24) is 0 Å². The molecule has 0 bridgehead atoms. The second-order valence-corrected chi connectivity index (χ2v) is 3.34. The summed E-state index contributed by atoms with van der Waals surface area (Å²) in [5, 5.41) is 0. The van der Waals surface area contributed by atoms with E-state index in [1.807, 2.05) is 6.08 Å². The summed E-state index contributed by atoms with van der Waals surface area (Å²) in [5.41, 5.74) is 0. The van der Waals surface area contributed by atoms with Crippen LogP contribution in [0.5, 0.6) is 0 Å². The van der Waals surface area contributed by atoms with Crippen molar-refractivity contribution in [3.63, 3.8) is 0 Å². The molecule has 2 rings (SSSR count). The Hall–Kier alpha value is -0.510. The van der Waals surface area contributed by atoms with Crippen molar-refractivity contribution in [2.45, 2.75) is 18.7 Å². The Balaban J connectivity index is 1.77. The molecule has 0 aromatic heterocycles. The summed E-state index contributed by atoms with van der Waals surface area (Å²) >= 11 is 0. The summed E-state index contributed by atoms with van der Waals surface area (Å²) in [6.07, 6.45) is 0.215. The minimum absolute atomic E-state index is 0.281. The SMILES string of the molecule is FC(F)(F)CO[C@H]1C=CC2CC21. The standard InChI is InChI=1S/C8H9F3O/c9-8(10,11)4-12-7-2-1-5-3-6(5)7/h1-2,5-7H,3-4H2/t5?,6?,7-/m0/s1. The van der Waals surface area contributed by atoms with Crippen LogP contribution < -0.4 is 0 Å². The molecule has 0 N–H and O–H groups in total. The summed E-state index contributed by atoms with van der Waals surface area (Å²) in [4.78, 5) is 0. The number of alkyl halides is 3. The number of halogens is 3. The molecule has 0 saturated heterocycles. The van der Waals surface area contributed by atoms with E-state index < -0.39 is 12.8 Å². The lowest BCUT2D eigenvalue weighted by Crippen LogP contribution is -2.22. The molecule has 2 aliphatic carbocycles. The first-order valence-electron chi connectivity index (χ1n) is 3.93. The zero-order chi connectivity index (χ0) is 8.77. The van der Waals surface area contributed by atoms with Crippen LogP contribution in [0.2, 0.25) is 0 Å². The molecule has 68 valence electrons.